The van der Waals surface area contributed by atoms with Crippen LogP contribution in [0, 0.1) is 18.8 Å². The predicted molar refractivity (Wildman–Crippen MR) is 67.9 cm³/mol. The van der Waals surface area contributed by atoms with Gasteiger partial charge in [-0.15, -0.1) is 0 Å². The zero-order valence-corrected chi connectivity index (χ0v) is 11.0. The van der Waals surface area contributed by atoms with E-state index in [4.69, 9.17) is 4.42 Å². The fraction of sp³-hybridized carbons (Fsp3) is 0.533. The first-order chi connectivity index (χ1) is 8.43. The van der Waals surface area contributed by atoms with Crippen LogP contribution in [-0.4, -0.2) is 10.9 Å². The molecular formula is C15H18O3. The van der Waals surface area contributed by atoms with E-state index >= 15 is 0 Å². The van der Waals surface area contributed by atoms with Crippen molar-refractivity contribution in [2.45, 2.75) is 39.2 Å². The maximum absolute atomic E-state index is 12.1. The van der Waals surface area contributed by atoms with Gasteiger partial charge >= 0.3 is 0 Å². The van der Waals surface area contributed by atoms with E-state index in [-0.39, 0.29) is 11.7 Å². The van der Waals surface area contributed by atoms with Gasteiger partial charge in [-0.2, -0.15) is 0 Å². The van der Waals surface area contributed by atoms with E-state index in [2.05, 4.69) is 6.92 Å². The van der Waals surface area contributed by atoms with Gasteiger partial charge in [-0.1, -0.05) is 6.92 Å². The summed E-state index contributed by atoms with van der Waals surface area (Å²) in [6, 6.07) is 0. The molecule has 3 heteroatoms. The van der Waals surface area contributed by atoms with Crippen LogP contribution in [0.1, 0.15) is 43.6 Å². The lowest BCUT2D eigenvalue weighted by Gasteiger charge is -2.43. The molecule has 3 unspecified atom stereocenters. The number of ketones is 1. The monoisotopic (exact) mass is 246 g/mol. The number of hydrogen-bond donors (Lipinski definition) is 1. The van der Waals surface area contributed by atoms with Gasteiger partial charge in [-0.3, -0.25) is 4.79 Å². The van der Waals surface area contributed by atoms with Gasteiger partial charge < -0.3 is 9.52 Å². The molecule has 0 amide bonds. The fourth-order valence-corrected chi connectivity index (χ4v) is 3.69. The maximum Gasteiger partial charge on any atom is 0.159 e. The molecule has 3 rings (SSSR count). The van der Waals surface area contributed by atoms with Gasteiger partial charge in [-0.25, -0.2) is 0 Å². The number of Topliss-reactive ketones (excluding diaryl/α,β-unsaturated/α-hetero) is 1. The van der Waals surface area contributed by atoms with Crippen LogP contribution in [0.15, 0.2) is 16.3 Å². The van der Waals surface area contributed by atoms with Crippen LogP contribution < -0.4 is 0 Å². The topological polar surface area (TPSA) is 50.4 Å². The molecule has 0 spiro atoms. The van der Waals surface area contributed by atoms with E-state index in [9.17, 15) is 9.90 Å². The predicted octanol–water partition coefficient (Wildman–Crippen LogP) is 2.81. The molecule has 1 aromatic rings. The van der Waals surface area contributed by atoms with Crippen molar-refractivity contribution in [3.8, 4) is 0 Å². The highest BCUT2D eigenvalue weighted by Gasteiger charge is 2.48. The van der Waals surface area contributed by atoms with Crippen LogP contribution in [0.3, 0.4) is 0 Å². The Bertz CT molecular complexity index is 548. The van der Waals surface area contributed by atoms with Crippen molar-refractivity contribution in [3.63, 3.8) is 0 Å². The summed E-state index contributed by atoms with van der Waals surface area (Å²) in [4.78, 5) is 12.1. The number of hydrogen-bond acceptors (Lipinski definition) is 3. The van der Waals surface area contributed by atoms with Crippen molar-refractivity contribution in [2.75, 3.05) is 0 Å². The molecule has 1 saturated carbocycles. The Morgan fingerprint density at radius 3 is 2.94 bits per heavy atom. The third-order valence-corrected chi connectivity index (χ3v) is 4.45. The standard InChI is InChI=1S/C15H18O3/c1-8-4-5-11(16)10-6-12-14(9(2)7-18-12)15(3,17)13(8)10/h6-8,13,17H,4-5H2,1-3H3. The Hall–Kier alpha value is -1.35. The average molecular weight is 246 g/mol. The number of carbonyl (C=O) groups excluding carboxylic acids is 1. The molecule has 0 saturated heterocycles. The van der Waals surface area contributed by atoms with E-state index in [0.29, 0.717) is 18.1 Å². The first-order valence-electron chi connectivity index (χ1n) is 6.48. The zero-order valence-electron chi connectivity index (χ0n) is 11.0. The van der Waals surface area contributed by atoms with Crippen LogP contribution >= 0.6 is 0 Å². The van der Waals surface area contributed by atoms with Gasteiger partial charge in [0, 0.05) is 23.5 Å². The van der Waals surface area contributed by atoms with Crippen molar-refractivity contribution < 1.29 is 14.3 Å². The minimum atomic E-state index is -1.01. The number of aryl methyl sites for hydroxylation is 1. The van der Waals surface area contributed by atoms with Gasteiger partial charge in [-0.05, 0) is 37.8 Å². The van der Waals surface area contributed by atoms with Gasteiger partial charge in [0.2, 0.25) is 0 Å². The van der Waals surface area contributed by atoms with Gasteiger partial charge in [0.1, 0.15) is 5.76 Å². The summed E-state index contributed by atoms with van der Waals surface area (Å²) >= 11 is 0. The highest BCUT2D eigenvalue weighted by Crippen LogP contribution is 2.50. The summed E-state index contributed by atoms with van der Waals surface area (Å²) in [5.41, 5.74) is 1.53. The van der Waals surface area contributed by atoms with E-state index in [1.165, 1.54) is 0 Å². The van der Waals surface area contributed by atoms with Gasteiger partial charge in [0.15, 0.2) is 5.78 Å². The molecule has 0 aromatic carbocycles. The summed E-state index contributed by atoms with van der Waals surface area (Å²) in [6.45, 7) is 5.85. The van der Waals surface area contributed by atoms with Gasteiger partial charge in [0.05, 0.1) is 11.9 Å². The molecule has 3 nitrogen and oxygen atoms in total. The second kappa shape index (κ2) is 3.58. The Morgan fingerprint density at radius 2 is 2.22 bits per heavy atom. The van der Waals surface area contributed by atoms with Crippen LogP contribution in [0.5, 0.6) is 0 Å². The summed E-state index contributed by atoms with van der Waals surface area (Å²) in [5, 5.41) is 10.9. The van der Waals surface area contributed by atoms with Crippen LogP contribution in [-0.2, 0) is 10.4 Å². The van der Waals surface area contributed by atoms with Crippen molar-refractivity contribution in [1.29, 1.82) is 0 Å². The van der Waals surface area contributed by atoms with Crippen molar-refractivity contribution in [2.24, 2.45) is 11.8 Å². The average Bonchev–Trinajstić information content (AvgIpc) is 2.66. The summed E-state index contributed by atoms with van der Waals surface area (Å²) in [5.74, 6) is 0.998. The molecule has 96 valence electrons. The van der Waals surface area contributed by atoms with E-state index < -0.39 is 5.60 Å². The third-order valence-electron chi connectivity index (χ3n) is 4.45. The second-order valence-electron chi connectivity index (χ2n) is 5.82. The van der Waals surface area contributed by atoms with Crippen molar-refractivity contribution in [1.82, 2.24) is 0 Å². The van der Waals surface area contributed by atoms with Crippen LogP contribution in [0.4, 0.5) is 0 Å². The Kier molecular flexibility index (Phi) is 2.33. The molecule has 2 aliphatic carbocycles. The van der Waals surface area contributed by atoms with Crippen LogP contribution in [0.25, 0.3) is 6.08 Å². The third kappa shape index (κ3) is 1.37. The minimum Gasteiger partial charge on any atom is -0.464 e. The van der Waals surface area contributed by atoms with Crippen LogP contribution in [0.2, 0.25) is 0 Å². The molecule has 0 aliphatic heterocycles. The first-order valence-corrected chi connectivity index (χ1v) is 6.48. The molecule has 18 heavy (non-hydrogen) atoms. The van der Waals surface area contributed by atoms with E-state index in [1.54, 1.807) is 13.2 Å². The number of furan rings is 1. The van der Waals surface area contributed by atoms with Gasteiger partial charge in [0.25, 0.3) is 0 Å². The SMILES string of the molecule is Cc1coc2c1C(C)(O)C1C(=C2)C(=O)CCC1C. The number of rotatable bonds is 0. The Morgan fingerprint density at radius 1 is 1.50 bits per heavy atom. The first kappa shape index (κ1) is 11.7. The lowest BCUT2D eigenvalue weighted by Crippen LogP contribution is -2.44. The molecule has 0 bridgehead atoms. The molecule has 3 atom stereocenters. The minimum absolute atomic E-state index is 0.109. The van der Waals surface area contributed by atoms with E-state index in [1.807, 2.05) is 13.0 Å². The normalized spacial score (nSPS) is 34.9. The Labute approximate surface area is 106 Å². The molecule has 0 radical (unpaired) electrons. The Balaban J connectivity index is 2.24. The van der Waals surface area contributed by atoms with Crippen molar-refractivity contribution in [3.05, 3.63) is 28.7 Å². The molecule has 2 aliphatic rings. The number of carbonyl (C=O) groups is 1. The largest absolute Gasteiger partial charge is 0.464 e. The highest BCUT2D eigenvalue weighted by molar-refractivity contribution is 6.01. The summed E-state index contributed by atoms with van der Waals surface area (Å²) in [6.07, 6.45) is 4.92. The number of fused-ring (bicyclic) bond motifs is 2. The maximum atomic E-state index is 12.1. The molecular weight excluding hydrogens is 228 g/mol. The second-order valence-corrected chi connectivity index (χ2v) is 5.82. The lowest BCUT2D eigenvalue weighted by molar-refractivity contribution is -0.121. The highest BCUT2D eigenvalue weighted by atomic mass is 16.3. The quantitative estimate of drug-likeness (QED) is 0.765. The summed E-state index contributed by atoms with van der Waals surface area (Å²) in [7, 11) is 0. The molecule has 1 fully saturated rings. The summed E-state index contributed by atoms with van der Waals surface area (Å²) < 4.78 is 5.47. The lowest BCUT2D eigenvalue weighted by atomic mass is 9.63. The molecule has 1 heterocycles. The molecule has 1 aromatic heterocycles. The fourth-order valence-electron chi connectivity index (χ4n) is 3.69. The molecule has 1 N–H and O–H groups in total. The number of aliphatic hydroxyl groups is 1. The zero-order chi connectivity index (χ0) is 13.1. The van der Waals surface area contributed by atoms with E-state index in [0.717, 1.165) is 23.1 Å². The smallest absolute Gasteiger partial charge is 0.159 e. The van der Waals surface area contributed by atoms with Crippen molar-refractivity contribution >= 4 is 11.9 Å².